The molecule has 8 heteroatoms. The van der Waals surface area contributed by atoms with Crippen LogP contribution in [-0.4, -0.2) is 26.8 Å². The van der Waals surface area contributed by atoms with Crippen molar-refractivity contribution in [2.24, 2.45) is 11.8 Å². The summed E-state index contributed by atoms with van der Waals surface area (Å²) in [4.78, 5) is 30.8. The van der Waals surface area contributed by atoms with Crippen LogP contribution in [0.1, 0.15) is 40.0 Å². The third-order valence-corrected chi connectivity index (χ3v) is 7.63. The van der Waals surface area contributed by atoms with Gasteiger partial charge in [-0.1, -0.05) is 50.6 Å². The molecule has 1 fully saturated rings. The van der Waals surface area contributed by atoms with Crippen LogP contribution < -0.4 is 10.9 Å². The number of benzene rings is 2. The van der Waals surface area contributed by atoms with Crippen LogP contribution in [0.3, 0.4) is 0 Å². The normalized spacial score (nSPS) is 21.7. The van der Waals surface area contributed by atoms with Crippen molar-refractivity contribution in [2.45, 2.75) is 56.5 Å². The highest BCUT2D eigenvalue weighted by atomic mass is 32.2. The first-order chi connectivity index (χ1) is 15.8. The highest BCUT2D eigenvalue weighted by molar-refractivity contribution is 8.00. The molecule has 0 radical (unpaired) electrons. The highest BCUT2D eigenvalue weighted by Crippen LogP contribution is 2.31. The molecule has 5 nitrogen and oxygen atoms in total. The molecule has 0 aliphatic heterocycles. The molecule has 1 amide bonds. The van der Waals surface area contributed by atoms with Gasteiger partial charge in [-0.2, -0.15) is 0 Å². The fraction of sp³-hybridized carbons (Fsp3) is 0.400. The molecule has 3 aromatic rings. The largest absolute Gasteiger partial charge is 0.352 e. The molecule has 4 atom stereocenters. The van der Waals surface area contributed by atoms with Gasteiger partial charge in [0.2, 0.25) is 5.91 Å². The summed E-state index contributed by atoms with van der Waals surface area (Å²) in [6.07, 6.45) is 3.18. The van der Waals surface area contributed by atoms with Crippen molar-refractivity contribution in [3.8, 4) is 5.69 Å². The predicted molar refractivity (Wildman–Crippen MR) is 127 cm³/mol. The Morgan fingerprint density at radius 1 is 1.18 bits per heavy atom. The van der Waals surface area contributed by atoms with Gasteiger partial charge in [-0.25, -0.2) is 13.8 Å². The minimum Gasteiger partial charge on any atom is -0.352 e. The van der Waals surface area contributed by atoms with E-state index in [1.165, 1.54) is 6.07 Å². The molecule has 174 valence electrons. The molecule has 0 saturated heterocycles. The molecule has 1 aliphatic rings. The average Bonchev–Trinajstić information content (AvgIpc) is 2.78. The zero-order chi connectivity index (χ0) is 23.7. The molecule has 4 rings (SSSR count). The molecule has 1 N–H and O–H groups in total. The Bertz CT molecular complexity index is 1250. The molecule has 0 spiro atoms. The average molecular weight is 472 g/mol. The number of amides is 1. The van der Waals surface area contributed by atoms with Crippen molar-refractivity contribution in [1.82, 2.24) is 14.9 Å². The third kappa shape index (κ3) is 4.81. The minimum atomic E-state index is -0.877. The van der Waals surface area contributed by atoms with E-state index in [0.717, 1.165) is 47.7 Å². The van der Waals surface area contributed by atoms with Gasteiger partial charge in [-0.3, -0.25) is 14.2 Å². The molecular formula is C25H27F2N3O2S. The Morgan fingerprint density at radius 2 is 1.94 bits per heavy atom. The van der Waals surface area contributed by atoms with Crippen molar-refractivity contribution < 1.29 is 13.6 Å². The number of carbonyl (C=O) groups excluding carboxylic acids is 1. The van der Waals surface area contributed by atoms with E-state index in [9.17, 15) is 18.4 Å². The fourth-order valence-corrected chi connectivity index (χ4v) is 5.29. The van der Waals surface area contributed by atoms with Crippen molar-refractivity contribution in [2.75, 3.05) is 0 Å². The van der Waals surface area contributed by atoms with Crippen LogP contribution >= 0.6 is 11.8 Å². The number of aromatic nitrogens is 2. The molecule has 0 unspecified atom stereocenters. The van der Waals surface area contributed by atoms with Crippen LogP contribution in [0.4, 0.5) is 8.78 Å². The Morgan fingerprint density at radius 3 is 2.70 bits per heavy atom. The van der Waals surface area contributed by atoms with E-state index in [1.54, 1.807) is 31.2 Å². The summed E-state index contributed by atoms with van der Waals surface area (Å²) in [5.74, 6) is -0.848. The fourth-order valence-electron chi connectivity index (χ4n) is 4.36. The predicted octanol–water partition coefficient (Wildman–Crippen LogP) is 5.09. The Balaban J connectivity index is 1.69. The summed E-state index contributed by atoms with van der Waals surface area (Å²) in [5, 5.41) is 3.07. The van der Waals surface area contributed by atoms with Crippen molar-refractivity contribution in [1.29, 1.82) is 0 Å². The van der Waals surface area contributed by atoms with Gasteiger partial charge in [0.25, 0.3) is 5.56 Å². The topological polar surface area (TPSA) is 64.0 Å². The number of hydrogen-bond donors (Lipinski definition) is 1. The van der Waals surface area contributed by atoms with Gasteiger partial charge in [0, 0.05) is 12.1 Å². The Hall–Kier alpha value is -2.74. The van der Waals surface area contributed by atoms with Crippen LogP contribution in [0, 0.1) is 23.5 Å². The summed E-state index contributed by atoms with van der Waals surface area (Å²) in [7, 11) is 0. The molecule has 33 heavy (non-hydrogen) atoms. The van der Waals surface area contributed by atoms with Gasteiger partial charge in [0.05, 0.1) is 21.8 Å². The van der Waals surface area contributed by atoms with E-state index < -0.39 is 22.4 Å². The zero-order valence-electron chi connectivity index (χ0n) is 18.8. The summed E-state index contributed by atoms with van der Waals surface area (Å²) in [5.41, 5.74) is -0.133. The van der Waals surface area contributed by atoms with E-state index in [4.69, 9.17) is 0 Å². The lowest BCUT2D eigenvalue weighted by Gasteiger charge is -2.35. The van der Waals surface area contributed by atoms with E-state index in [2.05, 4.69) is 24.1 Å². The number of nitrogens with one attached hydrogen (secondary N) is 1. The van der Waals surface area contributed by atoms with E-state index in [-0.39, 0.29) is 22.8 Å². The van der Waals surface area contributed by atoms with Gasteiger partial charge >= 0.3 is 0 Å². The molecule has 1 saturated carbocycles. The Labute approximate surface area is 195 Å². The lowest BCUT2D eigenvalue weighted by molar-refractivity contribution is -0.121. The van der Waals surface area contributed by atoms with Crippen molar-refractivity contribution in [3.05, 3.63) is 64.5 Å². The molecule has 0 bridgehead atoms. The number of fused-ring (bicyclic) bond motifs is 1. The lowest BCUT2D eigenvalue weighted by atomic mass is 9.78. The van der Waals surface area contributed by atoms with E-state index in [0.29, 0.717) is 22.7 Å². The maximum atomic E-state index is 14.7. The molecular weight excluding hydrogens is 444 g/mol. The SMILES string of the molecule is C[C@H]1[C@@H](C)CCC[C@H]1NC(=O)[C@H](C)Sc1nc2ccccc2c(=O)n1-c1ccc(F)cc1F. The van der Waals surface area contributed by atoms with Crippen LogP contribution in [0.15, 0.2) is 52.4 Å². The smallest absolute Gasteiger partial charge is 0.266 e. The number of para-hydroxylation sites is 1. The number of thioether (sulfide) groups is 1. The number of rotatable bonds is 5. The standard InChI is InChI=1S/C25H27F2N3O2S/c1-14-7-6-10-20(15(14)2)28-23(31)16(3)33-25-29-21-9-5-4-8-18(21)24(32)30(25)22-12-11-17(26)13-19(22)27/h4-5,8-9,11-16,20H,6-7,10H2,1-3H3,(H,28,31)/t14-,15-,16-,20+/m0/s1. The summed E-state index contributed by atoms with van der Waals surface area (Å²) < 4.78 is 29.3. The second-order valence-corrected chi connectivity index (χ2v) is 10.1. The van der Waals surface area contributed by atoms with Crippen molar-refractivity contribution in [3.63, 3.8) is 0 Å². The van der Waals surface area contributed by atoms with E-state index in [1.807, 2.05) is 0 Å². The second kappa shape index (κ2) is 9.63. The molecule has 1 heterocycles. The van der Waals surface area contributed by atoms with Crippen LogP contribution in [-0.2, 0) is 4.79 Å². The first kappa shape index (κ1) is 23.4. The van der Waals surface area contributed by atoms with Gasteiger partial charge < -0.3 is 5.32 Å². The summed E-state index contributed by atoms with van der Waals surface area (Å²) >= 11 is 1.09. The third-order valence-electron chi connectivity index (χ3n) is 6.58. The monoisotopic (exact) mass is 471 g/mol. The first-order valence-electron chi connectivity index (χ1n) is 11.2. The second-order valence-electron chi connectivity index (χ2n) is 8.79. The zero-order valence-corrected chi connectivity index (χ0v) is 19.7. The van der Waals surface area contributed by atoms with Gasteiger partial charge in [0.15, 0.2) is 5.16 Å². The molecule has 1 aromatic heterocycles. The summed E-state index contributed by atoms with van der Waals surface area (Å²) in [6.45, 7) is 6.10. The van der Waals surface area contributed by atoms with Gasteiger partial charge in [0.1, 0.15) is 11.6 Å². The lowest BCUT2D eigenvalue weighted by Crippen LogP contribution is -2.46. The minimum absolute atomic E-state index is 0.102. The molecule has 2 aromatic carbocycles. The van der Waals surface area contributed by atoms with Crippen LogP contribution in [0.2, 0.25) is 0 Å². The van der Waals surface area contributed by atoms with E-state index >= 15 is 0 Å². The maximum absolute atomic E-state index is 14.7. The van der Waals surface area contributed by atoms with Gasteiger partial charge in [-0.05, 0) is 49.4 Å². The highest BCUT2D eigenvalue weighted by Gasteiger charge is 2.30. The van der Waals surface area contributed by atoms with Crippen LogP contribution in [0.5, 0.6) is 0 Å². The maximum Gasteiger partial charge on any atom is 0.266 e. The Kier molecular flexibility index (Phi) is 6.83. The number of hydrogen-bond acceptors (Lipinski definition) is 4. The number of carbonyl (C=O) groups is 1. The molecule has 1 aliphatic carbocycles. The van der Waals surface area contributed by atoms with Crippen LogP contribution in [0.25, 0.3) is 16.6 Å². The van der Waals surface area contributed by atoms with Crippen molar-refractivity contribution >= 4 is 28.6 Å². The first-order valence-corrected chi connectivity index (χ1v) is 12.1. The number of nitrogens with zero attached hydrogens (tertiary/aromatic N) is 2. The summed E-state index contributed by atoms with van der Waals surface area (Å²) in [6, 6.07) is 9.90. The quantitative estimate of drug-likeness (QED) is 0.416. The number of halogens is 2. The van der Waals surface area contributed by atoms with Gasteiger partial charge in [-0.15, -0.1) is 0 Å².